The second-order valence-electron chi connectivity index (χ2n) is 9.66. The molecule has 1 aliphatic heterocycles. The number of amides is 1. The summed E-state index contributed by atoms with van der Waals surface area (Å²) in [6, 6.07) is 21.0. The third-order valence-electron chi connectivity index (χ3n) is 7.05. The first-order chi connectivity index (χ1) is 18.2. The smallest absolute Gasteiger partial charge is 0.264 e. The summed E-state index contributed by atoms with van der Waals surface area (Å²) in [5.74, 6) is 0.976. The largest absolute Gasteiger partial charge is 0.491 e. The van der Waals surface area contributed by atoms with Crippen molar-refractivity contribution < 1.29 is 14.3 Å². The first kappa shape index (κ1) is 23.9. The molecule has 0 saturated heterocycles. The summed E-state index contributed by atoms with van der Waals surface area (Å²) in [4.78, 5) is 22.0. The van der Waals surface area contributed by atoms with Crippen LogP contribution in [0.4, 0.5) is 0 Å². The molecule has 3 heterocycles. The van der Waals surface area contributed by atoms with E-state index in [2.05, 4.69) is 53.5 Å². The molecule has 188 valence electrons. The molecule has 0 fully saturated rings. The summed E-state index contributed by atoms with van der Waals surface area (Å²) in [6.07, 6.45) is 7.81. The summed E-state index contributed by atoms with van der Waals surface area (Å²) in [6.45, 7) is 2.54. The molecular formula is C31H30N2O3S. The van der Waals surface area contributed by atoms with E-state index in [1.54, 1.807) is 17.5 Å². The maximum Gasteiger partial charge on any atom is 0.264 e. The van der Waals surface area contributed by atoms with Gasteiger partial charge in [-0.2, -0.15) is 0 Å². The fourth-order valence-electron chi connectivity index (χ4n) is 5.18. The average Bonchev–Trinajstić information content (AvgIpc) is 3.53. The molecule has 0 radical (unpaired) electrons. The lowest BCUT2D eigenvalue weighted by molar-refractivity contribution is 0.0575. The van der Waals surface area contributed by atoms with Gasteiger partial charge in [0, 0.05) is 42.3 Å². The van der Waals surface area contributed by atoms with Crippen LogP contribution in [0.2, 0.25) is 0 Å². The SMILES string of the molecule is O=C(c1cc2c(s1)CCC2)N1CCOCCOc2ccc(-c3cccnc3)cc2Cc2cccc(c2)C1. The van der Waals surface area contributed by atoms with Crippen molar-refractivity contribution in [2.24, 2.45) is 0 Å². The zero-order valence-electron chi connectivity index (χ0n) is 20.8. The second-order valence-corrected chi connectivity index (χ2v) is 10.8. The van der Waals surface area contributed by atoms with Crippen LogP contribution in [0.15, 0.2) is 73.1 Å². The predicted molar refractivity (Wildman–Crippen MR) is 146 cm³/mol. The van der Waals surface area contributed by atoms with Crippen LogP contribution < -0.4 is 4.74 Å². The zero-order chi connectivity index (χ0) is 25.0. The summed E-state index contributed by atoms with van der Waals surface area (Å²) in [5.41, 5.74) is 6.99. The molecule has 37 heavy (non-hydrogen) atoms. The van der Waals surface area contributed by atoms with Gasteiger partial charge in [0.05, 0.1) is 18.1 Å². The number of pyridine rings is 1. The molecule has 0 saturated carbocycles. The highest BCUT2D eigenvalue weighted by Crippen LogP contribution is 2.32. The van der Waals surface area contributed by atoms with Gasteiger partial charge in [-0.1, -0.05) is 36.4 Å². The number of fused-ring (bicyclic) bond motifs is 4. The number of thiophene rings is 1. The Labute approximate surface area is 221 Å². The lowest BCUT2D eigenvalue weighted by atomic mass is 9.98. The monoisotopic (exact) mass is 510 g/mol. The molecule has 2 aromatic heterocycles. The number of nitrogens with zero attached hydrogens (tertiary/aromatic N) is 2. The van der Waals surface area contributed by atoms with Crippen LogP contribution in [0.3, 0.4) is 0 Å². The Hall–Kier alpha value is -3.48. The molecule has 1 amide bonds. The molecule has 0 N–H and O–H groups in total. The Bertz CT molecular complexity index is 1380. The number of hydrogen-bond acceptors (Lipinski definition) is 5. The normalized spacial score (nSPS) is 15.8. The minimum Gasteiger partial charge on any atom is -0.491 e. The Morgan fingerprint density at radius 3 is 2.73 bits per heavy atom. The van der Waals surface area contributed by atoms with Crippen LogP contribution >= 0.6 is 11.3 Å². The standard InChI is InChI=1S/C31H30N2O3S/c34-31(30-19-25-6-2-8-29(25)37-30)33-12-13-35-14-15-36-28-10-9-24(26-7-3-11-32-20-26)18-27(28)17-22-4-1-5-23(16-22)21-33/h1,3-5,7,9-11,16,18-20H,2,6,8,12-15,17,21H2. The van der Waals surface area contributed by atoms with E-state index in [9.17, 15) is 4.79 Å². The van der Waals surface area contributed by atoms with Crippen molar-refractivity contribution in [1.82, 2.24) is 9.88 Å². The van der Waals surface area contributed by atoms with E-state index in [-0.39, 0.29) is 5.91 Å². The molecule has 2 bridgehead atoms. The lowest BCUT2D eigenvalue weighted by Crippen LogP contribution is -2.33. The van der Waals surface area contributed by atoms with E-state index in [0.29, 0.717) is 32.9 Å². The summed E-state index contributed by atoms with van der Waals surface area (Å²) in [5, 5.41) is 0. The van der Waals surface area contributed by atoms with E-state index in [4.69, 9.17) is 9.47 Å². The fraction of sp³-hybridized carbons (Fsp3) is 0.290. The minimum atomic E-state index is 0.100. The first-order valence-electron chi connectivity index (χ1n) is 13.0. The molecule has 6 rings (SSSR count). The average molecular weight is 511 g/mol. The number of benzene rings is 2. The molecule has 5 nitrogen and oxygen atoms in total. The number of aryl methyl sites for hydroxylation is 2. The zero-order valence-corrected chi connectivity index (χ0v) is 21.6. The number of hydrogen-bond donors (Lipinski definition) is 0. The fourth-order valence-corrected chi connectivity index (χ4v) is 6.40. The van der Waals surface area contributed by atoms with Crippen molar-refractivity contribution >= 4 is 17.2 Å². The number of carbonyl (C=O) groups excluding carboxylic acids is 1. The number of rotatable bonds is 2. The second kappa shape index (κ2) is 10.9. The Morgan fingerprint density at radius 2 is 1.84 bits per heavy atom. The van der Waals surface area contributed by atoms with E-state index in [1.807, 2.05) is 23.2 Å². The highest BCUT2D eigenvalue weighted by atomic mass is 32.1. The maximum absolute atomic E-state index is 13.5. The van der Waals surface area contributed by atoms with Crippen LogP contribution in [0.25, 0.3) is 11.1 Å². The molecule has 2 aliphatic rings. The van der Waals surface area contributed by atoms with Gasteiger partial charge < -0.3 is 14.4 Å². The van der Waals surface area contributed by atoms with Gasteiger partial charge in [-0.05, 0) is 71.3 Å². The van der Waals surface area contributed by atoms with Crippen molar-refractivity contribution in [2.75, 3.05) is 26.4 Å². The minimum absolute atomic E-state index is 0.100. The predicted octanol–water partition coefficient (Wildman–Crippen LogP) is 5.94. The molecule has 0 unspecified atom stereocenters. The van der Waals surface area contributed by atoms with Crippen LogP contribution in [0.1, 0.15) is 43.2 Å². The van der Waals surface area contributed by atoms with E-state index >= 15 is 0 Å². The molecule has 4 aromatic rings. The Morgan fingerprint density at radius 1 is 0.892 bits per heavy atom. The van der Waals surface area contributed by atoms with Crippen molar-refractivity contribution in [2.45, 2.75) is 32.2 Å². The third-order valence-corrected chi connectivity index (χ3v) is 8.28. The number of carbonyl (C=O) groups is 1. The highest BCUT2D eigenvalue weighted by Gasteiger charge is 2.23. The highest BCUT2D eigenvalue weighted by molar-refractivity contribution is 7.14. The van der Waals surface area contributed by atoms with E-state index in [1.165, 1.54) is 22.4 Å². The molecule has 6 heteroatoms. The maximum atomic E-state index is 13.5. The van der Waals surface area contributed by atoms with Gasteiger partial charge in [-0.25, -0.2) is 0 Å². The first-order valence-corrected chi connectivity index (χ1v) is 13.8. The topological polar surface area (TPSA) is 51.7 Å². The van der Waals surface area contributed by atoms with Gasteiger partial charge in [0.15, 0.2) is 0 Å². The van der Waals surface area contributed by atoms with E-state index in [0.717, 1.165) is 52.1 Å². The number of aromatic nitrogens is 1. The van der Waals surface area contributed by atoms with Crippen molar-refractivity contribution in [1.29, 1.82) is 0 Å². The molecular weight excluding hydrogens is 480 g/mol. The van der Waals surface area contributed by atoms with Gasteiger partial charge in [0.1, 0.15) is 12.4 Å². The summed E-state index contributed by atoms with van der Waals surface area (Å²) >= 11 is 1.67. The Balaban J connectivity index is 1.28. The van der Waals surface area contributed by atoms with Gasteiger partial charge in [0.25, 0.3) is 5.91 Å². The summed E-state index contributed by atoms with van der Waals surface area (Å²) in [7, 11) is 0. The summed E-state index contributed by atoms with van der Waals surface area (Å²) < 4.78 is 12.0. The van der Waals surface area contributed by atoms with Gasteiger partial charge in [0.2, 0.25) is 0 Å². The van der Waals surface area contributed by atoms with Crippen LogP contribution in [-0.4, -0.2) is 42.2 Å². The van der Waals surface area contributed by atoms with Crippen molar-refractivity contribution in [3.8, 4) is 16.9 Å². The Kier molecular flexibility index (Phi) is 7.02. The molecule has 0 spiro atoms. The molecule has 1 aliphatic carbocycles. The lowest BCUT2D eigenvalue weighted by Gasteiger charge is -2.23. The van der Waals surface area contributed by atoms with Gasteiger partial charge in [-0.15, -0.1) is 11.3 Å². The van der Waals surface area contributed by atoms with Crippen LogP contribution in [-0.2, 0) is 30.5 Å². The van der Waals surface area contributed by atoms with Crippen molar-refractivity contribution in [3.05, 3.63) is 105 Å². The quantitative estimate of drug-likeness (QED) is 0.335. The van der Waals surface area contributed by atoms with Crippen molar-refractivity contribution in [3.63, 3.8) is 0 Å². The molecule has 0 atom stereocenters. The third kappa shape index (κ3) is 5.45. The van der Waals surface area contributed by atoms with E-state index < -0.39 is 0 Å². The number of ether oxygens (including phenoxy) is 2. The molecule has 2 aromatic carbocycles. The van der Waals surface area contributed by atoms with Gasteiger partial charge in [-0.3, -0.25) is 9.78 Å². The van der Waals surface area contributed by atoms with Crippen LogP contribution in [0, 0.1) is 0 Å². The van der Waals surface area contributed by atoms with Crippen LogP contribution in [0.5, 0.6) is 5.75 Å². The van der Waals surface area contributed by atoms with Gasteiger partial charge >= 0.3 is 0 Å².